The maximum Gasteiger partial charge on any atom is 0.289 e. The van der Waals surface area contributed by atoms with E-state index < -0.39 is 9.76 Å². The number of benzene rings is 1. The van der Waals surface area contributed by atoms with E-state index in [0.29, 0.717) is 0 Å². The van der Waals surface area contributed by atoms with Gasteiger partial charge in [-0.15, -0.1) is 0 Å². The van der Waals surface area contributed by atoms with Crippen LogP contribution in [0.5, 0.6) is 0 Å². The van der Waals surface area contributed by atoms with Crippen molar-refractivity contribution in [2.45, 2.75) is 20.8 Å². The zero-order chi connectivity index (χ0) is 9.84. The molecule has 0 aliphatic carbocycles. The average Bonchev–Trinajstić information content (AvgIpc) is 2.07. The average molecular weight is 194 g/mol. The van der Waals surface area contributed by atoms with Crippen molar-refractivity contribution in [3.8, 4) is 0 Å². The summed E-state index contributed by atoms with van der Waals surface area (Å²) in [7, 11) is -0.859. The Hall–Kier alpha value is -1.09. The fraction of sp³-hybridized carbons (Fsp3) is 0.300. The Balaban J connectivity index is 2.77. The standard InChI is InChI=1S/C10H14O2Si/c1-7-5-4-6-10(8(7)2)13-12-9(3)11/h4-6H,13H2,1-3H3. The predicted octanol–water partition coefficient (Wildman–Crippen LogP) is 0.576. The van der Waals surface area contributed by atoms with E-state index in [4.69, 9.17) is 4.43 Å². The van der Waals surface area contributed by atoms with Crippen LogP contribution >= 0.6 is 0 Å². The van der Waals surface area contributed by atoms with Crippen molar-refractivity contribution in [1.82, 2.24) is 0 Å². The highest BCUT2D eigenvalue weighted by Crippen LogP contribution is 2.01. The lowest BCUT2D eigenvalue weighted by molar-refractivity contribution is -0.131. The van der Waals surface area contributed by atoms with Crippen LogP contribution in [0, 0.1) is 13.8 Å². The summed E-state index contributed by atoms with van der Waals surface area (Å²) in [6, 6.07) is 6.12. The number of carbonyl (C=O) groups is 1. The monoisotopic (exact) mass is 194 g/mol. The van der Waals surface area contributed by atoms with E-state index in [-0.39, 0.29) is 5.97 Å². The second-order valence-corrected chi connectivity index (χ2v) is 4.48. The highest BCUT2D eigenvalue weighted by atomic mass is 28.2. The molecule has 0 saturated carbocycles. The van der Waals surface area contributed by atoms with E-state index in [1.165, 1.54) is 23.2 Å². The van der Waals surface area contributed by atoms with Crippen LogP contribution in [0.1, 0.15) is 18.1 Å². The van der Waals surface area contributed by atoms with E-state index in [0.717, 1.165) is 0 Å². The van der Waals surface area contributed by atoms with Crippen molar-refractivity contribution in [2.24, 2.45) is 0 Å². The third-order valence-corrected chi connectivity index (χ3v) is 3.78. The van der Waals surface area contributed by atoms with Gasteiger partial charge in [0, 0.05) is 6.92 Å². The summed E-state index contributed by atoms with van der Waals surface area (Å²) in [5, 5.41) is 1.22. The van der Waals surface area contributed by atoms with Crippen molar-refractivity contribution >= 4 is 20.9 Å². The fourth-order valence-electron chi connectivity index (χ4n) is 1.15. The van der Waals surface area contributed by atoms with E-state index in [9.17, 15) is 4.79 Å². The van der Waals surface area contributed by atoms with Crippen LogP contribution in [0.15, 0.2) is 18.2 Å². The van der Waals surface area contributed by atoms with Crippen LogP contribution in [-0.4, -0.2) is 15.7 Å². The van der Waals surface area contributed by atoms with Crippen molar-refractivity contribution in [3.63, 3.8) is 0 Å². The molecule has 0 N–H and O–H groups in total. The lowest BCUT2D eigenvalue weighted by atomic mass is 10.1. The molecule has 3 heteroatoms. The van der Waals surface area contributed by atoms with E-state index in [1.807, 2.05) is 12.1 Å². The second kappa shape index (κ2) is 4.23. The molecule has 1 aromatic carbocycles. The van der Waals surface area contributed by atoms with Gasteiger partial charge in [-0.2, -0.15) is 0 Å². The Morgan fingerprint density at radius 2 is 2.08 bits per heavy atom. The summed E-state index contributed by atoms with van der Waals surface area (Å²) >= 11 is 0. The van der Waals surface area contributed by atoms with Crippen LogP contribution in [0.2, 0.25) is 0 Å². The van der Waals surface area contributed by atoms with Gasteiger partial charge in [-0.1, -0.05) is 18.2 Å². The Labute approximate surface area is 80.9 Å². The summed E-state index contributed by atoms with van der Waals surface area (Å²) in [6.45, 7) is 5.60. The Morgan fingerprint density at radius 1 is 1.38 bits per heavy atom. The molecular formula is C10H14O2Si. The first-order chi connectivity index (χ1) is 6.11. The van der Waals surface area contributed by atoms with Crippen molar-refractivity contribution in [2.75, 3.05) is 0 Å². The third-order valence-electron chi connectivity index (χ3n) is 2.15. The zero-order valence-electron chi connectivity index (χ0n) is 8.26. The number of hydrogen-bond acceptors (Lipinski definition) is 2. The second-order valence-electron chi connectivity index (χ2n) is 3.14. The summed E-state index contributed by atoms with van der Waals surface area (Å²) in [5.74, 6) is -0.174. The molecule has 0 aliphatic heterocycles. The van der Waals surface area contributed by atoms with Crippen LogP contribution in [0.25, 0.3) is 0 Å². The molecule has 0 atom stereocenters. The van der Waals surface area contributed by atoms with Crippen molar-refractivity contribution < 1.29 is 9.22 Å². The number of aryl methyl sites for hydroxylation is 1. The van der Waals surface area contributed by atoms with Crippen molar-refractivity contribution in [1.29, 1.82) is 0 Å². The molecule has 70 valence electrons. The van der Waals surface area contributed by atoms with Crippen LogP contribution in [-0.2, 0) is 9.22 Å². The predicted molar refractivity (Wildman–Crippen MR) is 55.9 cm³/mol. The highest BCUT2D eigenvalue weighted by molar-refractivity contribution is 6.49. The first-order valence-electron chi connectivity index (χ1n) is 4.29. The topological polar surface area (TPSA) is 26.3 Å². The van der Waals surface area contributed by atoms with E-state index in [1.54, 1.807) is 0 Å². The normalized spacial score (nSPS) is 10.7. The van der Waals surface area contributed by atoms with Gasteiger partial charge in [0.1, 0.15) is 0 Å². The minimum Gasteiger partial charge on any atom is -0.521 e. The molecule has 0 unspecified atom stereocenters. The maximum absolute atomic E-state index is 10.6. The number of hydrogen-bond donors (Lipinski definition) is 0. The molecule has 1 aromatic rings. The van der Waals surface area contributed by atoms with Gasteiger partial charge < -0.3 is 4.43 Å². The minimum absolute atomic E-state index is 0.174. The van der Waals surface area contributed by atoms with Crippen LogP contribution in [0.3, 0.4) is 0 Å². The molecule has 13 heavy (non-hydrogen) atoms. The molecular weight excluding hydrogens is 180 g/mol. The fourth-order valence-corrected chi connectivity index (χ4v) is 2.23. The van der Waals surface area contributed by atoms with Gasteiger partial charge in [0.05, 0.1) is 0 Å². The minimum atomic E-state index is -0.859. The molecule has 0 fully saturated rings. The molecule has 0 heterocycles. The summed E-state index contributed by atoms with van der Waals surface area (Å²) in [6.07, 6.45) is 0. The van der Waals surface area contributed by atoms with Gasteiger partial charge in [0.25, 0.3) is 15.7 Å². The third kappa shape index (κ3) is 2.70. The quantitative estimate of drug-likeness (QED) is 0.644. The van der Waals surface area contributed by atoms with Gasteiger partial charge in [-0.05, 0) is 30.2 Å². The van der Waals surface area contributed by atoms with Crippen molar-refractivity contribution in [3.05, 3.63) is 29.3 Å². The van der Waals surface area contributed by atoms with E-state index >= 15 is 0 Å². The molecule has 1 rings (SSSR count). The zero-order valence-corrected chi connectivity index (χ0v) is 9.67. The Bertz CT molecular complexity index is 321. The molecule has 2 nitrogen and oxygen atoms in total. The Kier molecular flexibility index (Phi) is 3.25. The Morgan fingerprint density at radius 3 is 2.69 bits per heavy atom. The van der Waals surface area contributed by atoms with Gasteiger partial charge in [0.15, 0.2) is 0 Å². The summed E-state index contributed by atoms with van der Waals surface area (Å²) in [5.41, 5.74) is 2.52. The van der Waals surface area contributed by atoms with Gasteiger partial charge >= 0.3 is 0 Å². The van der Waals surface area contributed by atoms with Gasteiger partial charge in [-0.3, -0.25) is 4.79 Å². The maximum atomic E-state index is 10.6. The first-order valence-corrected chi connectivity index (χ1v) is 5.58. The largest absolute Gasteiger partial charge is 0.521 e. The number of carbonyl (C=O) groups excluding carboxylic acids is 1. The van der Waals surface area contributed by atoms with Crippen LogP contribution in [0.4, 0.5) is 0 Å². The van der Waals surface area contributed by atoms with Gasteiger partial charge in [-0.25, -0.2) is 0 Å². The van der Waals surface area contributed by atoms with E-state index in [2.05, 4.69) is 19.9 Å². The lowest BCUT2D eigenvalue weighted by Crippen LogP contribution is -2.22. The smallest absolute Gasteiger partial charge is 0.289 e. The molecule has 0 aliphatic rings. The first kappa shape index (κ1) is 9.99. The molecule has 0 amide bonds. The highest BCUT2D eigenvalue weighted by Gasteiger charge is 2.02. The summed E-state index contributed by atoms with van der Waals surface area (Å²) < 4.78 is 5.06. The van der Waals surface area contributed by atoms with Gasteiger partial charge in [0.2, 0.25) is 0 Å². The van der Waals surface area contributed by atoms with Crippen LogP contribution < -0.4 is 5.19 Å². The molecule has 0 radical (unpaired) electrons. The molecule has 0 spiro atoms. The lowest BCUT2D eigenvalue weighted by Gasteiger charge is -2.07. The SMILES string of the molecule is CC(=O)O[SiH2]c1cccc(C)c1C. The number of rotatable bonds is 2. The molecule has 0 saturated heterocycles. The molecule has 0 aromatic heterocycles. The summed E-state index contributed by atoms with van der Waals surface area (Å²) in [4.78, 5) is 10.6. The molecule has 0 bridgehead atoms.